The SMILES string of the molecule is CCO[C@H]1CCN2c3c1cccc3[C@H](OCC)C[C@H]2C(C)C. The maximum absolute atomic E-state index is 6.09. The average molecular weight is 303 g/mol. The van der Waals surface area contributed by atoms with Crippen LogP contribution in [0, 0.1) is 5.92 Å². The fourth-order valence-electron chi connectivity index (χ4n) is 4.13. The molecule has 0 amide bonds. The summed E-state index contributed by atoms with van der Waals surface area (Å²) >= 11 is 0. The van der Waals surface area contributed by atoms with Crippen molar-refractivity contribution in [2.45, 2.75) is 58.8 Å². The van der Waals surface area contributed by atoms with Crippen LogP contribution in [0.4, 0.5) is 5.69 Å². The zero-order valence-electron chi connectivity index (χ0n) is 14.3. The number of anilines is 1. The van der Waals surface area contributed by atoms with Crippen LogP contribution >= 0.6 is 0 Å². The molecule has 3 atom stereocenters. The molecule has 3 rings (SSSR count). The Hall–Kier alpha value is -1.06. The summed E-state index contributed by atoms with van der Waals surface area (Å²) in [7, 11) is 0. The minimum atomic E-state index is 0.226. The van der Waals surface area contributed by atoms with E-state index >= 15 is 0 Å². The summed E-state index contributed by atoms with van der Waals surface area (Å²) in [6.45, 7) is 11.5. The largest absolute Gasteiger partial charge is 0.374 e. The number of rotatable bonds is 5. The Bertz CT molecular complexity index is 500. The molecule has 0 aliphatic carbocycles. The molecular formula is C19H29NO2. The van der Waals surface area contributed by atoms with E-state index < -0.39 is 0 Å². The molecule has 3 heteroatoms. The predicted octanol–water partition coefficient (Wildman–Crippen LogP) is 4.48. The fourth-order valence-corrected chi connectivity index (χ4v) is 4.13. The van der Waals surface area contributed by atoms with Gasteiger partial charge in [0.15, 0.2) is 0 Å². The standard InChI is InChI=1S/C19H29NO2/c1-5-21-17-10-11-20-16(13(3)4)12-18(22-6-2)15-9-7-8-14(17)19(15)20/h7-9,13,16-18H,5-6,10-12H2,1-4H3/t16-,17-,18+/m0/s1. The number of nitrogens with zero attached hydrogens (tertiary/aromatic N) is 1. The second-order valence-electron chi connectivity index (χ2n) is 6.70. The van der Waals surface area contributed by atoms with Crippen LogP contribution < -0.4 is 4.90 Å². The van der Waals surface area contributed by atoms with Gasteiger partial charge >= 0.3 is 0 Å². The number of benzene rings is 1. The first-order chi connectivity index (χ1) is 10.7. The third kappa shape index (κ3) is 2.65. The molecule has 22 heavy (non-hydrogen) atoms. The van der Waals surface area contributed by atoms with E-state index in [1.165, 1.54) is 16.8 Å². The lowest BCUT2D eigenvalue weighted by atomic mass is 9.82. The van der Waals surface area contributed by atoms with E-state index in [2.05, 4.69) is 50.8 Å². The lowest BCUT2D eigenvalue weighted by Gasteiger charge is -2.48. The Morgan fingerprint density at radius 2 is 1.73 bits per heavy atom. The third-order valence-electron chi connectivity index (χ3n) is 5.07. The van der Waals surface area contributed by atoms with E-state index in [1.807, 2.05) is 0 Å². The Morgan fingerprint density at radius 1 is 1.09 bits per heavy atom. The van der Waals surface area contributed by atoms with Crippen LogP contribution in [0.5, 0.6) is 0 Å². The highest BCUT2D eigenvalue weighted by Crippen LogP contribution is 2.48. The first kappa shape index (κ1) is 15.8. The quantitative estimate of drug-likeness (QED) is 0.800. The van der Waals surface area contributed by atoms with Gasteiger partial charge in [0.1, 0.15) is 0 Å². The van der Waals surface area contributed by atoms with Crippen LogP contribution in [0.1, 0.15) is 63.9 Å². The van der Waals surface area contributed by atoms with Crippen LogP contribution in [0.3, 0.4) is 0 Å². The molecule has 0 saturated carbocycles. The second-order valence-corrected chi connectivity index (χ2v) is 6.70. The molecule has 0 spiro atoms. The first-order valence-corrected chi connectivity index (χ1v) is 8.80. The molecule has 2 aliphatic rings. The molecule has 3 nitrogen and oxygen atoms in total. The third-order valence-corrected chi connectivity index (χ3v) is 5.07. The van der Waals surface area contributed by atoms with Crippen LogP contribution in [-0.2, 0) is 9.47 Å². The Kier molecular flexibility index (Phi) is 4.74. The fraction of sp³-hybridized carbons (Fsp3) is 0.684. The maximum atomic E-state index is 6.09. The predicted molar refractivity (Wildman–Crippen MR) is 90.4 cm³/mol. The molecule has 0 radical (unpaired) electrons. The van der Waals surface area contributed by atoms with Crippen molar-refractivity contribution in [2.24, 2.45) is 5.92 Å². The zero-order chi connectivity index (χ0) is 15.7. The first-order valence-electron chi connectivity index (χ1n) is 8.80. The molecule has 122 valence electrons. The van der Waals surface area contributed by atoms with E-state index in [0.29, 0.717) is 12.0 Å². The van der Waals surface area contributed by atoms with Crippen molar-refractivity contribution in [1.82, 2.24) is 0 Å². The maximum Gasteiger partial charge on any atom is 0.0864 e. The molecule has 0 bridgehead atoms. The van der Waals surface area contributed by atoms with Crippen molar-refractivity contribution in [3.63, 3.8) is 0 Å². The van der Waals surface area contributed by atoms with Crippen LogP contribution in [0.2, 0.25) is 0 Å². The minimum Gasteiger partial charge on any atom is -0.374 e. The van der Waals surface area contributed by atoms with Gasteiger partial charge in [0.05, 0.1) is 12.2 Å². The normalized spacial score (nSPS) is 27.1. The minimum absolute atomic E-state index is 0.226. The Labute approximate surface area is 134 Å². The van der Waals surface area contributed by atoms with E-state index in [-0.39, 0.29) is 12.2 Å². The van der Waals surface area contributed by atoms with E-state index in [4.69, 9.17) is 9.47 Å². The summed E-state index contributed by atoms with van der Waals surface area (Å²) in [5.74, 6) is 0.632. The van der Waals surface area contributed by atoms with E-state index in [9.17, 15) is 0 Å². The van der Waals surface area contributed by atoms with Crippen molar-refractivity contribution in [2.75, 3.05) is 24.7 Å². The highest BCUT2D eigenvalue weighted by atomic mass is 16.5. The van der Waals surface area contributed by atoms with Gasteiger partial charge < -0.3 is 14.4 Å². The lowest BCUT2D eigenvalue weighted by Crippen LogP contribution is -2.47. The summed E-state index contributed by atoms with van der Waals surface area (Å²) in [5, 5.41) is 0. The summed E-state index contributed by atoms with van der Waals surface area (Å²) in [5.41, 5.74) is 4.12. The molecule has 2 aliphatic heterocycles. The zero-order valence-corrected chi connectivity index (χ0v) is 14.3. The smallest absolute Gasteiger partial charge is 0.0864 e. The Morgan fingerprint density at radius 3 is 2.36 bits per heavy atom. The molecule has 1 aromatic rings. The van der Waals surface area contributed by atoms with Crippen molar-refractivity contribution in [3.05, 3.63) is 29.3 Å². The number of hydrogen-bond donors (Lipinski definition) is 0. The summed E-state index contributed by atoms with van der Waals surface area (Å²) in [6, 6.07) is 7.23. The number of para-hydroxylation sites is 1. The summed E-state index contributed by atoms with van der Waals surface area (Å²) in [4.78, 5) is 2.63. The lowest BCUT2D eigenvalue weighted by molar-refractivity contribution is 0.0328. The molecule has 0 fully saturated rings. The van der Waals surface area contributed by atoms with Gasteiger partial charge in [-0.05, 0) is 32.6 Å². The number of ether oxygens (including phenoxy) is 2. The van der Waals surface area contributed by atoms with Crippen molar-refractivity contribution >= 4 is 5.69 Å². The summed E-state index contributed by atoms with van der Waals surface area (Å²) in [6.07, 6.45) is 2.65. The van der Waals surface area contributed by atoms with E-state index in [0.717, 1.165) is 32.6 Å². The highest BCUT2D eigenvalue weighted by Gasteiger charge is 2.39. The van der Waals surface area contributed by atoms with Gasteiger partial charge in [-0.15, -0.1) is 0 Å². The molecule has 0 saturated heterocycles. The molecule has 0 N–H and O–H groups in total. The highest BCUT2D eigenvalue weighted by molar-refractivity contribution is 5.65. The van der Waals surface area contributed by atoms with Gasteiger partial charge in [0.25, 0.3) is 0 Å². The van der Waals surface area contributed by atoms with Crippen LogP contribution in [0.15, 0.2) is 18.2 Å². The van der Waals surface area contributed by atoms with Crippen LogP contribution in [-0.4, -0.2) is 25.8 Å². The second kappa shape index (κ2) is 6.59. The van der Waals surface area contributed by atoms with Crippen molar-refractivity contribution in [3.8, 4) is 0 Å². The van der Waals surface area contributed by atoms with Crippen molar-refractivity contribution in [1.29, 1.82) is 0 Å². The number of hydrogen-bond acceptors (Lipinski definition) is 3. The van der Waals surface area contributed by atoms with Crippen LogP contribution in [0.25, 0.3) is 0 Å². The van der Waals surface area contributed by atoms with E-state index in [1.54, 1.807) is 0 Å². The van der Waals surface area contributed by atoms with Gasteiger partial charge in [0.2, 0.25) is 0 Å². The topological polar surface area (TPSA) is 21.7 Å². The molecule has 0 unspecified atom stereocenters. The van der Waals surface area contributed by atoms with Gasteiger partial charge in [-0.25, -0.2) is 0 Å². The molecular weight excluding hydrogens is 274 g/mol. The monoisotopic (exact) mass is 303 g/mol. The Balaban J connectivity index is 2.06. The van der Waals surface area contributed by atoms with Crippen molar-refractivity contribution < 1.29 is 9.47 Å². The average Bonchev–Trinajstić information content (AvgIpc) is 2.52. The van der Waals surface area contributed by atoms with Gasteiger partial charge in [-0.2, -0.15) is 0 Å². The molecule has 1 aromatic carbocycles. The van der Waals surface area contributed by atoms with Gasteiger partial charge in [-0.3, -0.25) is 0 Å². The van der Waals surface area contributed by atoms with Gasteiger partial charge in [-0.1, -0.05) is 32.0 Å². The molecule has 0 aromatic heterocycles. The van der Waals surface area contributed by atoms with Gasteiger partial charge in [0, 0.05) is 42.6 Å². The molecule has 2 heterocycles. The summed E-state index contributed by atoms with van der Waals surface area (Å²) < 4.78 is 12.1.